The van der Waals surface area contributed by atoms with E-state index < -0.39 is 5.97 Å². The first-order chi connectivity index (χ1) is 13.5. The quantitative estimate of drug-likeness (QED) is 0.628. The van der Waals surface area contributed by atoms with Crippen molar-refractivity contribution < 1.29 is 9.90 Å². The fourth-order valence-electron chi connectivity index (χ4n) is 2.71. The molecule has 1 aromatic carbocycles. The Bertz CT molecular complexity index is 1120. The van der Waals surface area contributed by atoms with Gasteiger partial charge in [0.05, 0.1) is 24.1 Å². The van der Waals surface area contributed by atoms with E-state index in [9.17, 15) is 15.2 Å². The average molecular weight is 373 g/mol. The summed E-state index contributed by atoms with van der Waals surface area (Å²) in [5.74, 6) is -0.273. The van der Waals surface area contributed by atoms with Crippen LogP contribution in [0.1, 0.15) is 22.5 Å². The lowest BCUT2D eigenvalue weighted by Crippen LogP contribution is -2.07. The molecular weight excluding hydrogens is 358 g/mol. The lowest BCUT2D eigenvalue weighted by atomic mass is 9.96. The highest BCUT2D eigenvalue weighted by Crippen LogP contribution is 2.33. The standard InChI is InChI=1S/C19H15N7O2/c1-26-11-23-25-18(26)14-4-3-12(10-21)7-15(14)13-8-16(19(27)28)24-17(9-13)22-6-2-5-20/h3-4,7-9,11H,2,6H2,1H3,(H,22,24)(H,27,28). The monoisotopic (exact) mass is 373 g/mol. The molecule has 9 heteroatoms. The minimum atomic E-state index is -1.18. The second kappa shape index (κ2) is 7.98. The molecule has 0 aliphatic heterocycles. The lowest BCUT2D eigenvalue weighted by molar-refractivity contribution is 0.0690. The number of carboxylic acids is 1. The Labute approximate surface area is 160 Å². The van der Waals surface area contributed by atoms with Crippen LogP contribution in [-0.4, -0.2) is 37.4 Å². The van der Waals surface area contributed by atoms with Crippen LogP contribution in [0.4, 0.5) is 5.82 Å². The molecule has 28 heavy (non-hydrogen) atoms. The number of nitrogens with one attached hydrogen (secondary N) is 1. The molecule has 2 heterocycles. The predicted molar refractivity (Wildman–Crippen MR) is 100 cm³/mol. The van der Waals surface area contributed by atoms with Gasteiger partial charge in [-0.25, -0.2) is 9.78 Å². The van der Waals surface area contributed by atoms with E-state index in [0.29, 0.717) is 40.4 Å². The van der Waals surface area contributed by atoms with Gasteiger partial charge in [0.1, 0.15) is 12.1 Å². The zero-order chi connectivity index (χ0) is 20.1. The number of hydrogen-bond donors (Lipinski definition) is 2. The second-order valence-corrected chi connectivity index (χ2v) is 5.90. The average Bonchev–Trinajstić information content (AvgIpc) is 3.13. The summed E-state index contributed by atoms with van der Waals surface area (Å²) in [6.07, 6.45) is 1.81. The van der Waals surface area contributed by atoms with Gasteiger partial charge in [-0.15, -0.1) is 10.2 Å². The summed E-state index contributed by atoms with van der Waals surface area (Å²) in [5, 5.41) is 38.4. The number of carbonyl (C=O) groups is 1. The normalized spacial score (nSPS) is 10.1. The molecule has 0 spiro atoms. The molecule has 0 aliphatic carbocycles. The Morgan fingerprint density at radius 2 is 2.07 bits per heavy atom. The van der Waals surface area contributed by atoms with Crippen molar-refractivity contribution in [1.82, 2.24) is 19.7 Å². The highest BCUT2D eigenvalue weighted by molar-refractivity contribution is 5.90. The van der Waals surface area contributed by atoms with E-state index >= 15 is 0 Å². The zero-order valence-corrected chi connectivity index (χ0v) is 14.9. The third-order valence-electron chi connectivity index (χ3n) is 4.00. The number of nitrogens with zero attached hydrogens (tertiary/aromatic N) is 6. The van der Waals surface area contributed by atoms with E-state index in [-0.39, 0.29) is 12.1 Å². The molecule has 3 aromatic rings. The van der Waals surface area contributed by atoms with Crippen LogP contribution in [-0.2, 0) is 7.05 Å². The first-order valence-electron chi connectivity index (χ1n) is 8.28. The number of nitriles is 2. The Balaban J connectivity index is 2.19. The first-order valence-corrected chi connectivity index (χ1v) is 8.28. The van der Waals surface area contributed by atoms with Crippen molar-refractivity contribution >= 4 is 11.8 Å². The van der Waals surface area contributed by atoms with Gasteiger partial charge in [0, 0.05) is 19.2 Å². The number of pyridine rings is 1. The molecule has 0 bridgehead atoms. The second-order valence-electron chi connectivity index (χ2n) is 5.90. The topological polar surface area (TPSA) is 141 Å². The van der Waals surface area contributed by atoms with E-state index in [1.54, 1.807) is 42.2 Å². The van der Waals surface area contributed by atoms with Crippen molar-refractivity contribution in [3.05, 3.63) is 47.9 Å². The maximum atomic E-state index is 11.5. The van der Waals surface area contributed by atoms with Crippen molar-refractivity contribution in [2.24, 2.45) is 7.05 Å². The van der Waals surface area contributed by atoms with Crippen LogP contribution in [0.5, 0.6) is 0 Å². The number of hydrogen-bond acceptors (Lipinski definition) is 7. The molecular formula is C19H15N7O2. The van der Waals surface area contributed by atoms with Gasteiger partial charge in [0.2, 0.25) is 0 Å². The number of aromatic carboxylic acids is 1. The molecule has 0 radical (unpaired) electrons. The molecule has 0 atom stereocenters. The Morgan fingerprint density at radius 1 is 1.25 bits per heavy atom. The summed E-state index contributed by atoms with van der Waals surface area (Å²) in [6.45, 7) is 0.334. The minimum absolute atomic E-state index is 0.150. The van der Waals surface area contributed by atoms with Gasteiger partial charge in [-0.2, -0.15) is 10.5 Å². The summed E-state index contributed by atoms with van der Waals surface area (Å²) < 4.78 is 1.73. The van der Waals surface area contributed by atoms with Crippen LogP contribution in [0, 0.1) is 22.7 Å². The van der Waals surface area contributed by atoms with E-state index in [0.717, 1.165) is 0 Å². The number of carboxylic acid groups (broad SMARTS) is 1. The van der Waals surface area contributed by atoms with E-state index in [2.05, 4.69) is 26.6 Å². The van der Waals surface area contributed by atoms with Gasteiger partial charge in [0.15, 0.2) is 11.5 Å². The number of rotatable bonds is 6. The number of anilines is 1. The third kappa shape index (κ3) is 3.79. The van der Waals surface area contributed by atoms with Gasteiger partial charge in [-0.05, 0) is 41.5 Å². The van der Waals surface area contributed by atoms with Gasteiger partial charge in [0.25, 0.3) is 0 Å². The molecule has 3 rings (SSSR count). The van der Waals surface area contributed by atoms with Crippen LogP contribution < -0.4 is 5.32 Å². The summed E-state index contributed by atoms with van der Waals surface area (Å²) in [7, 11) is 1.79. The summed E-state index contributed by atoms with van der Waals surface area (Å²) in [5.41, 5.74) is 2.16. The highest BCUT2D eigenvalue weighted by Gasteiger charge is 2.16. The molecule has 0 saturated carbocycles. The number of aryl methyl sites for hydroxylation is 1. The molecule has 2 aromatic heterocycles. The van der Waals surface area contributed by atoms with Crippen molar-refractivity contribution in [3.8, 4) is 34.7 Å². The molecule has 0 fully saturated rings. The molecule has 2 N–H and O–H groups in total. The van der Waals surface area contributed by atoms with Crippen molar-refractivity contribution in [3.63, 3.8) is 0 Å². The van der Waals surface area contributed by atoms with Crippen LogP contribution in [0.3, 0.4) is 0 Å². The van der Waals surface area contributed by atoms with Gasteiger partial charge in [-0.3, -0.25) is 0 Å². The summed E-state index contributed by atoms with van der Waals surface area (Å²) in [6, 6.07) is 12.3. The van der Waals surface area contributed by atoms with E-state index in [1.165, 1.54) is 6.07 Å². The van der Waals surface area contributed by atoms with Crippen LogP contribution >= 0.6 is 0 Å². The minimum Gasteiger partial charge on any atom is -0.477 e. The van der Waals surface area contributed by atoms with Crippen LogP contribution in [0.15, 0.2) is 36.7 Å². The number of benzene rings is 1. The van der Waals surface area contributed by atoms with Gasteiger partial charge in [-0.1, -0.05) is 0 Å². The summed E-state index contributed by atoms with van der Waals surface area (Å²) >= 11 is 0. The molecule has 9 nitrogen and oxygen atoms in total. The highest BCUT2D eigenvalue weighted by atomic mass is 16.4. The van der Waals surface area contributed by atoms with Crippen molar-refractivity contribution in [2.45, 2.75) is 6.42 Å². The van der Waals surface area contributed by atoms with Gasteiger partial charge >= 0.3 is 5.97 Å². The molecule has 0 aliphatic rings. The molecule has 0 saturated heterocycles. The fourth-order valence-corrected chi connectivity index (χ4v) is 2.71. The predicted octanol–water partition coefficient (Wildman–Crippen LogP) is 2.44. The van der Waals surface area contributed by atoms with Crippen LogP contribution in [0.25, 0.3) is 22.5 Å². The largest absolute Gasteiger partial charge is 0.477 e. The Morgan fingerprint density at radius 3 is 2.71 bits per heavy atom. The smallest absolute Gasteiger partial charge is 0.354 e. The maximum absolute atomic E-state index is 11.5. The molecule has 138 valence electrons. The molecule has 0 unspecified atom stereocenters. The van der Waals surface area contributed by atoms with Gasteiger partial charge < -0.3 is 15.0 Å². The zero-order valence-electron chi connectivity index (χ0n) is 14.9. The molecule has 0 amide bonds. The SMILES string of the molecule is Cn1cnnc1-c1ccc(C#N)cc1-c1cc(NCCC#N)nc(C(=O)O)c1. The van der Waals surface area contributed by atoms with Crippen molar-refractivity contribution in [2.75, 3.05) is 11.9 Å². The fraction of sp³-hybridized carbons (Fsp3) is 0.158. The Kier molecular flexibility index (Phi) is 5.28. The summed E-state index contributed by atoms with van der Waals surface area (Å²) in [4.78, 5) is 15.6. The van der Waals surface area contributed by atoms with E-state index in [1.807, 2.05) is 6.07 Å². The third-order valence-corrected chi connectivity index (χ3v) is 4.00. The lowest BCUT2D eigenvalue weighted by Gasteiger charge is -2.12. The first kappa shape index (κ1) is 18.5. The number of aromatic nitrogens is 4. The van der Waals surface area contributed by atoms with Crippen molar-refractivity contribution in [1.29, 1.82) is 10.5 Å². The Hall–Kier alpha value is -4.24. The van der Waals surface area contributed by atoms with E-state index in [4.69, 9.17) is 5.26 Å². The van der Waals surface area contributed by atoms with Crippen LogP contribution in [0.2, 0.25) is 0 Å². The maximum Gasteiger partial charge on any atom is 0.354 e.